The Bertz CT molecular complexity index is 277. The monoisotopic (exact) mass is 233 g/mol. The summed E-state index contributed by atoms with van der Waals surface area (Å²) < 4.78 is 5.18. The molecular formula is C6H8BrN3O2. The number of carbonyl (C=O) groups is 1. The summed E-state index contributed by atoms with van der Waals surface area (Å²) in [6.45, 7) is 2.04. The minimum atomic E-state index is -0.476. The lowest BCUT2D eigenvalue weighted by atomic mass is 10.3. The fraction of sp³-hybridized carbons (Fsp3) is 0.333. The van der Waals surface area contributed by atoms with Crippen molar-refractivity contribution in [1.82, 2.24) is 10.2 Å². The smallest absolute Gasteiger partial charge is 0.344 e. The van der Waals surface area contributed by atoms with Crippen molar-refractivity contribution in [3.63, 3.8) is 0 Å². The molecule has 0 bridgehead atoms. The molecule has 0 aliphatic rings. The van der Waals surface area contributed by atoms with Crippen LogP contribution in [0.3, 0.4) is 0 Å². The number of ether oxygens (including phenoxy) is 1. The molecule has 0 aromatic carbocycles. The Morgan fingerprint density at radius 2 is 2.50 bits per heavy atom. The van der Waals surface area contributed by atoms with Gasteiger partial charge in [0.25, 0.3) is 0 Å². The van der Waals surface area contributed by atoms with E-state index in [2.05, 4.69) is 26.1 Å². The van der Waals surface area contributed by atoms with Crippen LogP contribution in [0.15, 0.2) is 4.60 Å². The van der Waals surface area contributed by atoms with Crippen molar-refractivity contribution in [1.29, 1.82) is 0 Å². The third kappa shape index (κ3) is 1.58. The predicted octanol–water partition coefficient (Wildman–Crippen LogP) is 0.931. The van der Waals surface area contributed by atoms with E-state index in [1.807, 2.05) is 0 Å². The highest BCUT2D eigenvalue weighted by Crippen LogP contribution is 2.19. The van der Waals surface area contributed by atoms with E-state index in [1.54, 1.807) is 6.92 Å². The third-order valence-corrected chi connectivity index (χ3v) is 1.80. The number of hydrogen-bond donors (Lipinski definition) is 2. The summed E-state index contributed by atoms with van der Waals surface area (Å²) in [5.74, 6) is -0.337. The van der Waals surface area contributed by atoms with Crippen molar-refractivity contribution in [2.45, 2.75) is 6.92 Å². The summed E-state index contributed by atoms with van der Waals surface area (Å²) in [6, 6.07) is 0. The third-order valence-electron chi connectivity index (χ3n) is 1.23. The first-order valence-electron chi connectivity index (χ1n) is 3.33. The number of nitrogens with zero attached hydrogens (tertiary/aromatic N) is 1. The molecule has 1 heterocycles. The summed E-state index contributed by atoms with van der Waals surface area (Å²) in [5.41, 5.74) is 5.65. The van der Waals surface area contributed by atoms with Gasteiger partial charge in [-0.3, -0.25) is 5.10 Å². The van der Waals surface area contributed by atoms with Gasteiger partial charge in [0, 0.05) is 0 Å². The zero-order valence-electron chi connectivity index (χ0n) is 6.43. The van der Waals surface area contributed by atoms with Crippen molar-refractivity contribution >= 4 is 27.7 Å². The molecule has 1 aromatic rings. The molecule has 0 aliphatic heterocycles. The van der Waals surface area contributed by atoms with Gasteiger partial charge in [0.05, 0.1) is 6.61 Å². The molecule has 0 saturated carbocycles. The molecule has 3 N–H and O–H groups in total. The molecule has 0 fully saturated rings. The van der Waals surface area contributed by atoms with Gasteiger partial charge in [0.2, 0.25) is 0 Å². The second kappa shape index (κ2) is 3.57. The molecule has 0 amide bonds. The van der Waals surface area contributed by atoms with Gasteiger partial charge in [-0.25, -0.2) is 4.79 Å². The number of halogens is 1. The van der Waals surface area contributed by atoms with Gasteiger partial charge < -0.3 is 10.5 Å². The van der Waals surface area contributed by atoms with Crippen LogP contribution in [0, 0.1) is 0 Å². The van der Waals surface area contributed by atoms with Gasteiger partial charge in [-0.1, -0.05) is 0 Å². The van der Waals surface area contributed by atoms with Crippen molar-refractivity contribution in [3.8, 4) is 0 Å². The maximum Gasteiger partial charge on any atom is 0.344 e. The van der Waals surface area contributed by atoms with E-state index < -0.39 is 5.97 Å². The number of anilines is 1. The first-order chi connectivity index (χ1) is 5.66. The summed E-state index contributed by atoms with van der Waals surface area (Å²) in [4.78, 5) is 11.2. The number of nitrogens with two attached hydrogens (primary N) is 1. The second-order valence-corrected chi connectivity index (χ2v) is 2.81. The van der Waals surface area contributed by atoms with Gasteiger partial charge in [0.15, 0.2) is 5.82 Å². The van der Waals surface area contributed by atoms with Crippen molar-refractivity contribution in [2.75, 3.05) is 12.3 Å². The lowest BCUT2D eigenvalue weighted by Crippen LogP contribution is -2.06. The first-order valence-corrected chi connectivity index (χ1v) is 4.12. The van der Waals surface area contributed by atoms with Crippen LogP contribution in [0.5, 0.6) is 0 Å². The Morgan fingerprint density at radius 3 is 2.92 bits per heavy atom. The van der Waals surface area contributed by atoms with E-state index >= 15 is 0 Å². The number of nitrogen functional groups attached to an aromatic ring is 1. The first kappa shape index (κ1) is 9.05. The number of esters is 1. The van der Waals surface area contributed by atoms with Crippen LogP contribution in [0.1, 0.15) is 17.3 Å². The van der Waals surface area contributed by atoms with E-state index in [0.29, 0.717) is 11.2 Å². The Kier molecular flexibility index (Phi) is 2.69. The van der Waals surface area contributed by atoms with Gasteiger partial charge >= 0.3 is 5.97 Å². The fourth-order valence-corrected chi connectivity index (χ4v) is 1.18. The van der Waals surface area contributed by atoms with Gasteiger partial charge in [0.1, 0.15) is 10.2 Å². The molecular weight excluding hydrogens is 226 g/mol. The van der Waals surface area contributed by atoms with E-state index in [-0.39, 0.29) is 11.4 Å². The Hall–Kier alpha value is -1.04. The lowest BCUT2D eigenvalue weighted by Gasteiger charge is -1.98. The van der Waals surface area contributed by atoms with Gasteiger partial charge in [-0.2, -0.15) is 5.10 Å². The average Bonchev–Trinajstić information content (AvgIpc) is 2.32. The highest BCUT2D eigenvalue weighted by Gasteiger charge is 2.17. The summed E-state index contributed by atoms with van der Waals surface area (Å²) in [5, 5.41) is 6.14. The predicted molar refractivity (Wildman–Crippen MR) is 46.7 cm³/mol. The molecule has 0 radical (unpaired) electrons. The van der Waals surface area contributed by atoms with E-state index in [9.17, 15) is 4.79 Å². The zero-order chi connectivity index (χ0) is 9.14. The largest absolute Gasteiger partial charge is 0.462 e. The molecule has 66 valence electrons. The summed E-state index contributed by atoms with van der Waals surface area (Å²) in [6.07, 6.45) is 0. The van der Waals surface area contributed by atoms with Crippen LogP contribution in [0.4, 0.5) is 5.82 Å². The molecule has 0 unspecified atom stereocenters. The van der Waals surface area contributed by atoms with Crippen LogP contribution < -0.4 is 5.73 Å². The van der Waals surface area contributed by atoms with Gasteiger partial charge in [-0.15, -0.1) is 0 Å². The molecule has 0 spiro atoms. The molecule has 1 rings (SSSR count). The maximum atomic E-state index is 11.2. The van der Waals surface area contributed by atoms with E-state index in [1.165, 1.54) is 0 Å². The van der Waals surface area contributed by atoms with Crippen LogP contribution in [-0.4, -0.2) is 22.8 Å². The quantitative estimate of drug-likeness (QED) is 0.746. The number of H-pyrrole nitrogens is 1. The lowest BCUT2D eigenvalue weighted by molar-refractivity contribution is 0.0526. The van der Waals surface area contributed by atoms with Crippen LogP contribution >= 0.6 is 15.9 Å². The number of hydrogen-bond acceptors (Lipinski definition) is 4. The van der Waals surface area contributed by atoms with Crippen LogP contribution in [0.2, 0.25) is 0 Å². The minimum absolute atomic E-state index is 0.139. The molecule has 0 saturated heterocycles. The van der Waals surface area contributed by atoms with Gasteiger partial charge in [-0.05, 0) is 22.9 Å². The number of carbonyl (C=O) groups excluding carboxylic acids is 1. The number of nitrogens with one attached hydrogen (secondary N) is 1. The molecule has 5 nitrogen and oxygen atoms in total. The van der Waals surface area contributed by atoms with E-state index in [0.717, 1.165) is 0 Å². The second-order valence-electron chi connectivity index (χ2n) is 2.02. The number of rotatable bonds is 2. The summed E-state index contributed by atoms with van der Waals surface area (Å²) >= 11 is 3.09. The zero-order valence-corrected chi connectivity index (χ0v) is 8.01. The highest BCUT2D eigenvalue weighted by molar-refractivity contribution is 9.10. The normalized spacial score (nSPS) is 9.83. The molecule has 6 heteroatoms. The topological polar surface area (TPSA) is 81.0 Å². The highest BCUT2D eigenvalue weighted by atomic mass is 79.9. The molecule has 1 aromatic heterocycles. The standard InChI is InChI=1S/C6H8BrN3O2/c1-2-12-6(11)3-4(7)9-10-5(3)8/h2H2,1H3,(H3,8,9,10). The Morgan fingerprint density at radius 1 is 1.83 bits per heavy atom. The molecule has 12 heavy (non-hydrogen) atoms. The minimum Gasteiger partial charge on any atom is -0.462 e. The summed E-state index contributed by atoms with van der Waals surface area (Å²) in [7, 11) is 0. The molecule has 0 aliphatic carbocycles. The fourth-order valence-electron chi connectivity index (χ4n) is 0.731. The van der Waals surface area contributed by atoms with Crippen molar-refractivity contribution in [3.05, 3.63) is 10.2 Å². The SMILES string of the molecule is CCOC(=O)c1c(N)n[nH]c1Br. The van der Waals surface area contributed by atoms with E-state index in [4.69, 9.17) is 10.5 Å². The molecule has 0 atom stereocenters. The Balaban J connectivity index is 2.93. The average molecular weight is 234 g/mol. The van der Waals surface area contributed by atoms with Crippen LogP contribution in [-0.2, 0) is 4.74 Å². The van der Waals surface area contributed by atoms with Crippen molar-refractivity contribution < 1.29 is 9.53 Å². The van der Waals surface area contributed by atoms with Crippen LogP contribution in [0.25, 0.3) is 0 Å². The maximum absolute atomic E-state index is 11.2. The number of aromatic nitrogens is 2. The van der Waals surface area contributed by atoms with Crippen molar-refractivity contribution in [2.24, 2.45) is 0 Å². The number of aromatic amines is 1. The Labute approximate surface area is 77.4 Å².